The minimum atomic E-state index is -0.576. The first-order valence-corrected chi connectivity index (χ1v) is 7.45. The first-order chi connectivity index (χ1) is 9.60. The summed E-state index contributed by atoms with van der Waals surface area (Å²) in [6.45, 7) is 7.28. The second-order valence-corrected chi connectivity index (χ2v) is 5.63. The average Bonchev–Trinajstić information content (AvgIpc) is 2.47. The third-order valence-electron chi connectivity index (χ3n) is 4.02. The number of hydrogen-bond donors (Lipinski definition) is 2. The smallest absolute Gasteiger partial charge is 0.241 e. The molecule has 0 spiro atoms. The number of nitrogens with two attached hydrogens (primary N) is 1. The van der Waals surface area contributed by atoms with Crippen molar-refractivity contribution in [2.45, 2.75) is 38.8 Å². The molecule has 0 radical (unpaired) electrons. The van der Waals surface area contributed by atoms with E-state index in [-0.39, 0.29) is 36.8 Å². The van der Waals surface area contributed by atoms with E-state index in [9.17, 15) is 4.79 Å². The fourth-order valence-electron chi connectivity index (χ4n) is 2.68. The summed E-state index contributed by atoms with van der Waals surface area (Å²) in [4.78, 5) is 14.6. The highest BCUT2D eigenvalue weighted by Crippen LogP contribution is 2.14. The Morgan fingerprint density at radius 2 is 2.00 bits per heavy atom. The molecule has 1 amide bonds. The van der Waals surface area contributed by atoms with E-state index in [2.05, 4.69) is 17.1 Å². The minimum absolute atomic E-state index is 0. The Labute approximate surface area is 145 Å². The van der Waals surface area contributed by atoms with Gasteiger partial charge in [-0.2, -0.15) is 0 Å². The second kappa shape index (κ2) is 10.1. The van der Waals surface area contributed by atoms with Gasteiger partial charge >= 0.3 is 0 Å². The van der Waals surface area contributed by atoms with E-state index in [1.807, 2.05) is 31.2 Å². The molecule has 1 aromatic rings. The summed E-state index contributed by atoms with van der Waals surface area (Å²) in [5.74, 6) is -0.0724. The number of likely N-dealkylation sites (N-methyl/N-ethyl adjacent to an activating group) is 1. The number of aryl methyl sites for hydroxylation is 1. The Morgan fingerprint density at radius 3 is 2.59 bits per heavy atom. The van der Waals surface area contributed by atoms with E-state index < -0.39 is 6.04 Å². The number of carbonyl (C=O) groups excluding carboxylic acids is 1. The lowest BCUT2D eigenvalue weighted by Gasteiger charge is -2.32. The van der Waals surface area contributed by atoms with Crippen LogP contribution in [0.4, 0.5) is 0 Å². The van der Waals surface area contributed by atoms with E-state index in [0.717, 1.165) is 38.0 Å². The van der Waals surface area contributed by atoms with E-state index in [4.69, 9.17) is 5.73 Å². The molecule has 1 saturated heterocycles. The Morgan fingerprint density at radius 1 is 1.36 bits per heavy atom. The van der Waals surface area contributed by atoms with Crippen molar-refractivity contribution in [3.05, 3.63) is 35.4 Å². The summed E-state index contributed by atoms with van der Waals surface area (Å²) >= 11 is 0. The maximum absolute atomic E-state index is 12.2. The summed E-state index contributed by atoms with van der Waals surface area (Å²) in [5.41, 5.74) is 8.09. The number of rotatable bonds is 4. The molecule has 0 aromatic heterocycles. The van der Waals surface area contributed by atoms with Crippen molar-refractivity contribution in [2.75, 3.05) is 19.6 Å². The standard InChI is InChI=1S/C16H25N3O.2ClH/c1-3-19-10-4-5-14(11-19)18-16(20)15(17)13-8-6-12(2)7-9-13;;/h6-9,14-15H,3-5,10-11,17H2,1-2H3,(H,18,20);2*1H. The van der Waals surface area contributed by atoms with Gasteiger partial charge in [-0.1, -0.05) is 36.8 Å². The van der Waals surface area contributed by atoms with Crippen LogP contribution >= 0.6 is 24.8 Å². The highest BCUT2D eigenvalue weighted by molar-refractivity contribution is 5.85. The molecular formula is C16H27Cl2N3O. The van der Waals surface area contributed by atoms with Crippen LogP contribution in [0.5, 0.6) is 0 Å². The lowest BCUT2D eigenvalue weighted by molar-refractivity contribution is -0.123. The van der Waals surface area contributed by atoms with E-state index in [0.29, 0.717) is 0 Å². The predicted octanol–water partition coefficient (Wildman–Crippen LogP) is 2.44. The van der Waals surface area contributed by atoms with Crippen molar-refractivity contribution in [3.63, 3.8) is 0 Å². The zero-order valence-corrected chi connectivity index (χ0v) is 14.9. The molecule has 1 heterocycles. The topological polar surface area (TPSA) is 58.4 Å². The highest BCUT2D eigenvalue weighted by atomic mass is 35.5. The lowest BCUT2D eigenvalue weighted by atomic mass is 10.0. The number of amides is 1. The van der Waals surface area contributed by atoms with E-state index in [1.54, 1.807) is 0 Å². The summed E-state index contributed by atoms with van der Waals surface area (Å²) in [5, 5.41) is 3.09. The third-order valence-corrected chi connectivity index (χ3v) is 4.02. The summed E-state index contributed by atoms with van der Waals surface area (Å²) in [7, 11) is 0. The molecule has 2 unspecified atom stereocenters. The van der Waals surface area contributed by atoms with Gasteiger partial charge in [-0.3, -0.25) is 4.79 Å². The normalized spacial score (nSPS) is 19.5. The molecule has 126 valence electrons. The molecule has 0 bridgehead atoms. The number of hydrogen-bond acceptors (Lipinski definition) is 3. The van der Waals surface area contributed by atoms with Gasteiger partial charge in [-0.05, 0) is 38.4 Å². The van der Waals surface area contributed by atoms with Crippen molar-refractivity contribution >= 4 is 30.7 Å². The number of carbonyl (C=O) groups is 1. The van der Waals surface area contributed by atoms with E-state index in [1.165, 1.54) is 5.56 Å². The highest BCUT2D eigenvalue weighted by Gasteiger charge is 2.23. The molecule has 1 fully saturated rings. The van der Waals surface area contributed by atoms with Crippen molar-refractivity contribution < 1.29 is 4.79 Å². The zero-order valence-electron chi connectivity index (χ0n) is 13.2. The number of piperidine rings is 1. The van der Waals surface area contributed by atoms with Crippen LogP contribution in [-0.4, -0.2) is 36.5 Å². The molecule has 1 aliphatic heterocycles. The number of likely N-dealkylation sites (tertiary alicyclic amines) is 1. The quantitative estimate of drug-likeness (QED) is 0.879. The molecular weight excluding hydrogens is 321 g/mol. The van der Waals surface area contributed by atoms with Gasteiger partial charge in [0.2, 0.25) is 5.91 Å². The largest absolute Gasteiger partial charge is 0.350 e. The Bertz CT molecular complexity index is 453. The van der Waals surface area contributed by atoms with Crippen molar-refractivity contribution in [2.24, 2.45) is 5.73 Å². The molecule has 0 saturated carbocycles. The van der Waals surface area contributed by atoms with Crippen LogP contribution in [0, 0.1) is 6.92 Å². The van der Waals surface area contributed by atoms with Gasteiger partial charge in [-0.25, -0.2) is 0 Å². The number of benzene rings is 1. The van der Waals surface area contributed by atoms with Crippen LogP contribution in [0.15, 0.2) is 24.3 Å². The fraction of sp³-hybridized carbons (Fsp3) is 0.562. The maximum Gasteiger partial charge on any atom is 0.241 e. The van der Waals surface area contributed by atoms with Crippen LogP contribution in [0.3, 0.4) is 0 Å². The Balaban J connectivity index is 0.00000220. The van der Waals surface area contributed by atoms with Crippen LogP contribution in [0.2, 0.25) is 0 Å². The summed E-state index contributed by atoms with van der Waals surface area (Å²) < 4.78 is 0. The van der Waals surface area contributed by atoms with Crippen LogP contribution in [0.1, 0.15) is 36.9 Å². The van der Waals surface area contributed by atoms with Crippen molar-refractivity contribution in [3.8, 4) is 0 Å². The van der Waals surface area contributed by atoms with E-state index >= 15 is 0 Å². The molecule has 1 aliphatic rings. The molecule has 6 heteroatoms. The van der Waals surface area contributed by atoms with Crippen LogP contribution in [0.25, 0.3) is 0 Å². The molecule has 0 aliphatic carbocycles. The lowest BCUT2D eigenvalue weighted by Crippen LogP contribution is -2.49. The molecule has 1 aromatic carbocycles. The molecule has 22 heavy (non-hydrogen) atoms. The van der Waals surface area contributed by atoms with Crippen molar-refractivity contribution in [1.82, 2.24) is 10.2 Å². The predicted molar refractivity (Wildman–Crippen MR) is 95.9 cm³/mol. The van der Waals surface area contributed by atoms with Gasteiger partial charge in [0, 0.05) is 12.6 Å². The number of halogens is 2. The van der Waals surface area contributed by atoms with Crippen LogP contribution in [-0.2, 0) is 4.79 Å². The molecule has 3 N–H and O–H groups in total. The summed E-state index contributed by atoms with van der Waals surface area (Å²) in [6, 6.07) is 7.49. The van der Waals surface area contributed by atoms with Gasteiger partial charge < -0.3 is 16.0 Å². The van der Waals surface area contributed by atoms with Gasteiger partial charge in [0.1, 0.15) is 6.04 Å². The van der Waals surface area contributed by atoms with Gasteiger partial charge in [0.25, 0.3) is 0 Å². The average molecular weight is 348 g/mol. The number of nitrogens with zero attached hydrogens (tertiary/aromatic N) is 1. The Hall–Kier alpha value is -0.810. The first kappa shape index (κ1) is 21.2. The SMILES string of the molecule is CCN1CCCC(NC(=O)C(N)c2ccc(C)cc2)C1.Cl.Cl. The van der Waals surface area contributed by atoms with Gasteiger partial charge in [0.05, 0.1) is 0 Å². The number of nitrogens with one attached hydrogen (secondary N) is 1. The van der Waals surface area contributed by atoms with Gasteiger partial charge in [-0.15, -0.1) is 24.8 Å². The van der Waals surface area contributed by atoms with Crippen LogP contribution < -0.4 is 11.1 Å². The monoisotopic (exact) mass is 347 g/mol. The molecule has 2 atom stereocenters. The van der Waals surface area contributed by atoms with Gasteiger partial charge in [0.15, 0.2) is 0 Å². The fourth-order valence-corrected chi connectivity index (χ4v) is 2.68. The molecule has 2 rings (SSSR count). The van der Waals surface area contributed by atoms with Crippen molar-refractivity contribution in [1.29, 1.82) is 0 Å². The summed E-state index contributed by atoms with van der Waals surface area (Å²) in [6.07, 6.45) is 2.18. The molecule has 4 nitrogen and oxygen atoms in total. The second-order valence-electron chi connectivity index (χ2n) is 5.63. The maximum atomic E-state index is 12.2. The zero-order chi connectivity index (χ0) is 14.5. The first-order valence-electron chi connectivity index (χ1n) is 7.45. The Kier molecular flexibility index (Phi) is 9.69. The third kappa shape index (κ3) is 5.76. The minimum Gasteiger partial charge on any atom is -0.350 e.